The second-order valence-corrected chi connectivity index (χ2v) is 7.39. The van der Waals surface area contributed by atoms with Crippen LogP contribution in [0, 0.1) is 0 Å². The summed E-state index contributed by atoms with van der Waals surface area (Å²) in [5.74, 6) is 0.652. The SMILES string of the molecule is CC(C)(C)c1nnc(CN=C(N)N2CCCCCC2)s1. The molecular weight excluding hydrogens is 270 g/mol. The molecule has 0 atom stereocenters. The van der Waals surface area contributed by atoms with Gasteiger partial charge in [0.25, 0.3) is 0 Å². The van der Waals surface area contributed by atoms with Gasteiger partial charge in [-0.1, -0.05) is 44.9 Å². The lowest BCUT2D eigenvalue weighted by Crippen LogP contribution is -2.38. The molecule has 2 N–H and O–H groups in total. The molecule has 0 spiro atoms. The second-order valence-electron chi connectivity index (χ2n) is 6.33. The minimum atomic E-state index is 0.0516. The Morgan fingerprint density at radius 1 is 1.20 bits per heavy atom. The molecule has 20 heavy (non-hydrogen) atoms. The van der Waals surface area contributed by atoms with Crippen molar-refractivity contribution in [1.82, 2.24) is 15.1 Å². The first kappa shape index (κ1) is 15.2. The Bertz CT molecular complexity index is 452. The smallest absolute Gasteiger partial charge is 0.191 e. The van der Waals surface area contributed by atoms with Gasteiger partial charge in [0, 0.05) is 18.5 Å². The van der Waals surface area contributed by atoms with Crippen molar-refractivity contribution in [3.05, 3.63) is 10.0 Å². The van der Waals surface area contributed by atoms with E-state index in [-0.39, 0.29) is 5.41 Å². The first-order valence-corrected chi connectivity index (χ1v) is 8.16. The number of nitrogens with zero attached hydrogens (tertiary/aromatic N) is 4. The van der Waals surface area contributed by atoms with Crippen LogP contribution in [0.4, 0.5) is 0 Å². The van der Waals surface area contributed by atoms with Crippen molar-refractivity contribution in [3.63, 3.8) is 0 Å². The minimum absolute atomic E-state index is 0.0516. The molecule has 0 aliphatic carbocycles. The van der Waals surface area contributed by atoms with Crippen molar-refractivity contribution >= 4 is 17.3 Å². The number of hydrogen-bond donors (Lipinski definition) is 1. The topological polar surface area (TPSA) is 67.4 Å². The summed E-state index contributed by atoms with van der Waals surface area (Å²) in [7, 11) is 0. The summed E-state index contributed by atoms with van der Waals surface area (Å²) in [6.07, 6.45) is 5.02. The van der Waals surface area contributed by atoms with E-state index in [1.54, 1.807) is 11.3 Å². The van der Waals surface area contributed by atoms with Crippen LogP contribution in [-0.4, -0.2) is 34.1 Å². The fourth-order valence-corrected chi connectivity index (χ4v) is 2.99. The standard InChI is InChI=1S/C14H25N5S/c1-14(2,3)12-18-17-11(20-12)10-16-13(15)19-8-6-4-5-7-9-19/h4-10H2,1-3H3,(H2,15,16). The van der Waals surface area contributed by atoms with Gasteiger partial charge in [-0.25, -0.2) is 4.99 Å². The zero-order chi connectivity index (χ0) is 14.6. The number of nitrogens with two attached hydrogens (primary N) is 1. The van der Waals surface area contributed by atoms with Crippen LogP contribution in [0.25, 0.3) is 0 Å². The van der Waals surface area contributed by atoms with Crippen LogP contribution < -0.4 is 5.73 Å². The molecule has 1 aromatic rings. The first-order chi connectivity index (χ1) is 9.47. The molecule has 0 amide bonds. The van der Waals surface area contributed by atoms with Crippen LogP contribution in [-0.2, 0) is 12.0 Å². The third kappa shape index (κ3) is 4.16. The Morgan fingerprint density at radius 3 is 2.40 bits per heavy atom. The first-order valence-electron chi connectivity index (χ1n) is 7.34. The van der Waals surface area contributed by atoms with Crippen LogP contribution in [0.3, 0.4) is 0 Å². The third-order valence-corrected chi connectivity index (χ3v) is 4.75. The minimum Gasteiger partial charge on any atom is -0.370 e. The predicted octanol–water partition coefficient (Wildman–Crippen LogP) is 2.53. The Balaban J connectivity index is 1.95. The van der Waals surface area contributed by atoms with Crippen molar-refractivity contribution < 1.29 is 0 Å². The zero-order valence-electron chi connectivity index (χ0n) is 12.7. The van der Waals surface area contributed by atoms with Gasteiger partial charge >= 0.3 is 0 Å². The van der Waals surface area contributed by atoms with Gasteiger partial charge in [0.1, 0.15) is 10.0 Å². The van der Waals surface area contributed by atoms with Crippen LogP contribution >= 0.6 is 11.3 Å². The molecule has 0 saturated carbocycles. The number of likely N-dealkylation sites (tertiary alicyclic amines) is 1. The number of rotatable bonds is 2. The molecule has 6 heteroatoms. The van der Waals surface area contributed by atoms with E-state index in [0.717, 1.165) is 23.1 Å². The highest BCUT2D eigenvalue weighted by Gasteiger charge is 2.19. The summed E-state index contributed by atoms with van der Waals surface area (Å²) in [5.41, 5.74) is 6.14. The zero-order valence-corrected chi connectivity index (χ0v) is 13.5. The Kier molecular flexibility index (Phi) is 4.96. The van der Waals surface area contributed by atoms with Gasteiger partial charge in [-0.05, 0) is 12.8 Å². The van der Waals surface area contributed by atoms with E-state index < -0.39 is 0 Å². The number of aliphatic imine (C=N–C) groups is 1. The summed E-state index contributed by atoms with van der Waals surface area (Å²) in [6, 6.07) is 0. The quantitative estimate of drug-likeness (QED) is 0.672. The fourth-order valence-electron chi connectivity index (χ4n) is 2.17. The molecule has 1 fully saturated rings. The molecule has 2 rings (SSSR count). The molecule has 0 unspecified atom stereocenters. The molecule has 2 heterocycles. The van der Waals surface area contributed by atoms with Crippen molar-refractivity contribution in [2.75, 3.05) is 13.1 Å². The Hall–Kier alpha value is -1.17. The molecule has 112 valence electrons. The number of hydrogen-bond acceptors (Lipinski definition) is 4. The lowest BCUT2D eigenvalue weighted by atomic mass is 9.98. The van der Waals surface area contributed by atoms with E-state index in [2.05, 4.69) is 40.9 Å². The normalized spacial score (nSPS) is 18.1. The summed E-state index contributed by atoms with van der Waals surface area (Å²) < 4.78 is 0. The largest absolute Gasteiger partial charge is 0.370 e. The number of guanidine groups is 1. The Labute approximate surface area is 125 Å². The molecule has 0 bridgehead atoms. The van der Waals surface area contributed by atoms with Gasteiger partial charge in [0.15, 0.2) is 5.96 Å². The highest BCUT2D eigenvalue weighted by Crippen LogP contribution is 2.25. The summed E-state index contributed by atoms with van der Waals surface area (Å²) >= 11 is 1.63. The molecule has 1 aliphatic heterocycles. The van der Waals surface area contributed by atoms with Gasteiger partial charge in [-0.2, -0.15) is 0 Å². The molecule has 0 radical (unpaired) electrons. The maximum absolute atomic E-state index is 6.09. The lowest BCUT2D eigenvalue weighted by Gasteiger charge is -2.20. The van der Waals surface area contributed by atoms with E-state index in [0.29, 0.717) is 12.5 Å². The fraction of sp³-hybridized carbons (Fsp3) is 0.786. The molecule has 1 aromatic heterocycles. The predicted molar refractivity (Wildman–Crippen MR) is 84.0 cm³/mol. The van der Waals surface area contributed by atoms with E-state index >= 15 is 0 Å². The summed E-state index contributed by atoms with van der Waals surface area (Å²) in [4.78, 5) is 6.68. The average Bonchev–Trinajstić information content (AvgIpc) is 2.70. The second kappa shape index (κ2) is 6.52. The van der Waals surface area contributed by atoms with E-state index in [4.69, 9.17) is 5.73 Å². The van der Waals surface area contributed by atoms with Gasteiger partial charge in [-0.15, -0.1) is 10.2 Å². The van der Waals surface area contributed by atoms with Crippen LogP contribution in [0.1, 0.15) is 56.5 Å². The molecule has 1 saturated heterocycles. The molecular formula is C14H25N5S. The highest BCUT2D eigenvalue weighted by atomic mass is 32.1. The van der Waals surface area contributed by atoms with Crippen LogP contribution in [0.5, 0.6) is 0 Å². The molecule has 1 aliphatic rings. The molecule has 0 aromatic carbocycles. The van der Waals surface area contributed by atoms with E-state index in [9.17, 15) is 0 Å². The van der Waals surface area contributed by atoms with E-state index in [1.165, 1.54) is 25.7 Å². The Morgan fingerprint density at radius 2 is 1.85 bits per heavy atom. The van der Waals surface area contributed by atoms with Crippen LogP contribution in [0.15, 0.2) is 4.99 Å². The van der Waals surface area contributed by atoms with Gasteiger partial charge < -0.3 is 10.6 Å². The van der Waals surface area contributed by atoms with Gasteiger partial charge in [0.2, 0.25) is 0 Å². The van der Waals surface area contributed by atoms with Crippen molar-refractivity contribution in [2.45, 2.75) is 58.4 Å². The summed E-state index contributed by atoms with van der Waals surface area (Å²) in [5, 5.41) is 10.4. The maximum atomic E-state index is 6.09. The van der Waals surface area contributed by atoms with Crippen molar-refractivity contribution in [1.29, 1.82) is 0 Å². The summed E-state index contributed by atoms with van der Waals surface area (Å²) in [6.45, 7) is 9.03. The third-order valence-electron chi connectivity index (χ3n) is 3.41. The van der Waals surface area contributed by atoms with Gasteiger partial charge in [-0.3, -0.25) is 0 Å². The van der Waals surface area contributed by atoms with Crippen molar-refractivity contribution in [2.24, 2.45) is 10.7 Å². The average molecular weight is 295 g/mol. The highest BCUT2D eigenvalue weighted by molar-refractivity contribution is 7.11. The molecule has 5 nitrogen and oxygen atoms in total. The van der Waals surface area contributed by atoms with Gasteiger partial charge in [0.05, 0.1) is 6.54 Å². The monoisotopic (exact) mass is 295 g/mol. The van der Waals surface area contributed by atoms with E-state index in [1.807, 2.05) is 0 Å². The van der Waals surface area contributed by atoms with Crippen molar-refractivity contribution in [3.8, 4) is 0 Å². The number of aromatic nitrogens is 2. The lowest BCUT2D eigenvalue weighted by molar-refractivity contribution is 0.428. The maximum Gasteiger partial charge on any atom is 0.191 e. The van der Waals surface area contributed by atoms with Crippen LogP contribution in [0.2, 0.25) is 0 Å².